The van der Waals surface area contributed by atoms with E-state index in [0.717, 1.165) is 22.4 Å². The van der Waals surface area contributed by atoms with Crippen molar-refractivity contribution < 1.29 is 0 Å². The third-order valence-electron chi connectivity index (χ3n) is 5.85. The molecule has 6 rings (SSSR count). The van der Waals surface area contributed by atoms with Crippen molar-refractivity contribution in [3.05, 3.63) is 114 Å². The van der Waals surface area contributed by atoms with Crippen LogP contribution in [-0.2, 0) is 0 Å². The van der Waals surface area contributed by atoms with Gasteiger partial charge in [0.1, 0.15) is 5.15 Å². The van der Waals surface area contributed by atoms with Crippen LogP contribution >= 0.6 is 23.2 Å². The molecule has 0 radical (unpaired) electrons. The highest BCUT2D eigenvalue weighted by Crippen LogP contribution is 2.35. The Bertz CT molecular complexity index is 1620. The fourth-order valence-electron chi connectivity index (χ4n) is 4.40. The zero-order valence-electron chi connectivity index (χ0n) is 17.4. The number of halogens is 2. The summed E-state index contributed by atoms with van der Waals surface area (Å²) in [5.41, 5.74) is 7.37. The fraction of sp³-hybridized carbons (Fsp3) is 0. The lowest BCUT2D eigenvalue weighted by atomic mass is 10.00. The van der Waals surface area contributed by atoms with Gasteiger partial charge in [0.2, 0.25) is 5.28 Å². The second-order valence-electron chi connectivity index (χ2n) is 7.85. The van der Waals surface area contributed by atoms with Gasteiger partial charge in [-0.15, -0.1) is 0 Å². The van der Waals surface area contributed by atoms with Gasteiger partial charge in [-0.2, -0.15) is 0 Å². The molecule has 0 saturated heterocycles. The van der Waals surface area contributed by atoms with Crippen LogP contribution in [0, 0.1) is 0 Å². The van der Waals surface area contributed by atoms with Crippen LogP contribution in [0.5, 0.6) is 0 Å². The summed E-state index contributed by atoms with van der Waals surface area (Å²) in [6.07, 6.45) is 0. The van der Waals surface area contributed by atoms with Crippen molar-refractivity contribution in [2.24, 2.45) is 0 Å². The molecule has 0 unspecified atom stereocenters. The topological polar surface area (TPSA) is 30.7 Å². The van der Waals surface area contributed by atoms with Crippen LogP contribution in [-0.4, -0.2) is 14.5 Å². The molecule has 4 aromatic carbocycles. The maximum absolute atomic E-state index is 6.09. The van der Waals surface area contributed by atoms with Crippen molar-refractivity contribution in [2.45, 2.75) is 0 Å². The maximum Gasteiger partial charge on any atom is 0.224 e. The van der Waals surface area contributed by atoms with E-state index in [2.05, 4.69) is 93.4 Å². The molecule has 3 nitrogen and oxygen atoms in total. The summed E-state index contributed by atoms with van der Waals surface area (Å²) in [6.45, 7) is 0. The molecule has 0 bridgehead atoms. The molecule has 158 valence electrons. The molecule has 2 aromatic heterocycles. The average Bonchev–Trinajstić information content (AvgIpc) is 3.18. The van der Waals surface area contributed by atoms with Crippen LogP contribution in [0.15, 0.2) is 103 Å². The molecule has 6 aromatic rings. The number of aromatic nitrogens is 3. The molecule has 0 aliphatic carbocycles. The Morgan fingerprint density at radius 3 is 2.12 bits per heavy atom. The van der Waals surface area contributed by atoms with Gasteiger partial charge in [-0.1, -0.05) is 72.3 Å². The van der Waals surface area contributed by atoms with Crippen molar-refractivity contribution in [1.82, 2.24) is 14.5 Å². The molecule has 0 N–H and O–H groups in total. The summed E-state index contributed by atoms with van der Waals surface area (Å²) in [5.74, 6) is 0. The van der Waals surface area contributed by atoms with Crippen molar-refractivity contribution in [2.75, 3.05) is 0 Å². The summed E-state index contributed by atoms with van der Waals surface area (Å²) in [5, 5.41) is 2.90. The Balaban J connectivity index is 1.54. The molecule has 0 fully saturated rings. The largest absolute Gasteiger partial charge is 0.309 e. The van der Waals surface area contributed by atoms with E-state index in [9.17, 15) is 0 Å². The van der Waals surface area contributed by atoms with Crippen molar-refractivity contribution in [3.63, 3.8) is 0 Å². The molecule has 2 heterocycles. The minimum atomic E-state index is 0.137. The maximum atomic E-state index is 6.09. The van der Waals surface area contributed by atoms with Crippen LogP contribution in [0.1, 0.15) is 0 Å². The number of benzene rings is 4. The first-order valence-electron chi connectivity index (χ1n) is 10.6. The zero-order valence-corrected chi connectivity index (χ0v) is 18.9. The van der Waals surface area contributed by atoms with E-state index in [0.29, 0.717) is 10.8 Å². The first-order chi connectivity index (χ1) is 16.2. The van der Waals surface area contributed by atoms with E-state index in [1.807, 2.05) is 18.2 Å². The molecule has 0 atom stereocenters. The predicted octanol–water partition coefficient (Wildman–Crippen LogP) is 8.21. The smallest absolute Gasteiger partial charge is 0.224 e. The minimum absolute atomic E-state index is 0.137. The molecule has 33 heavy (non-hydrogen) atoms. The molecule has 0 spiro atoms. The van der Waals surface area contributed by atoms with E-state index in [-0.39, 0.29) is 5.28 Å². The summed E-state index contributed by atoms with van der Waals surface area (Å²) in [4.78, 5) is 8.28. The first kappa shape index (κ1) is 20.0. The van der Waals surface area contributed by atoms with Gasteiger partial charge < -0.3 is 4.57 Å². The van der Waals surface area contributed by atoms with Gasteiger partial charge in [-0.3, -0.25) is 0 Å². The highest BCUT2D eigenvalue weighted by molar-refractivity contribution is 6.32. The van der Waals surface area contributed by atoms with Gasteiger partial charge in [0.05, 0.1) is 16.7 Å². The van der Waals surface area contributed by atoms with Crippen LogP contribution in [0.3, 0.4) is 0 Å². The van der Waals surface area contributed by atoms with E-state index in [1.54, 1.807) is 6.07 Å². The lowest BCUT2D eigenvalue weighted by Gasteiger charge is -2.09. The van der Waals surface area contributed by atoms with E-state index in [1.165, 1.54) is 21.8 Å². The number of para-hydroxylation sites is 2. The molecule has 5 heteroatoms. The summed E-state index contributed by atoms with van der Waals surface area (Å²) in [6, 6.07) is 35.6. The highest BCUT2D eigenvalue weighted by Gasteiger charge is 2.13. The lowest BCUT2D eigenvalue weighted by Crippen LogP contribution is -1.92. The lowest BCUT2D eigenvalue weighted by molar-refractivity contribution is 1.17. The van der Waals surface area contributed by atoms with Crippen LogP contribution in [0.2, 0.25) is 10.4 Å². The number of nitrogens with zero attached hydrogens (tertiary/aromatic N) is 3. The molecule has 0 saturated carbocycles. The Morgan fingerprint density at radius 2 is 1.27 bits per heavy atom. The third-order valence-corrected chi connectivity index (χ3v) is 6.21. The Labute approximate surface area is 200 Å². The monoisotopic (exact) mass is 465 g/mol. The molecule has 0 aliphatic heterocycles. The standard InChI is InChI=1S/C28H17Cl2N3/c29-27-17-24(31-28(30)32-27)20-8-6-7-18(15-20)19-13-14-26-23(16-19)22-11-4-5-12-25(22)33(26)21-9-2-1-3-10-21/h1-17H. The Hall–Kier alpha value is -3.66. The predicted molar refractivity (Wildman–Crippen MR) is 137 cm³/mol. The highest BCUT2D eigenvalue weighted by atomic mass is 35.5. The van der Waals surface area contributed by atoms with Crippen LogP contribution in [0.4, 0.5) is 0 Å². The van der Waals surface area contributed by atoms with Crippen molar-refractivity contribution in [3.8, 4) is 28.1 Å². The second-order valence-corrected chi connectivity index (χ2v) is 8.57. The average molecular weight is 466 g/mol. The minimum Gasteiger partial charge on any atom is -0.309 e. The fourth-order valence-corrected chi connectivity index (χ4v) is 4.81. The molecule has 0 aliphatic rings. The molecule has 0 amide bonds. The number of rotatable bonds is 3. The SMILES string of the molecule is Clc1cc(-c2cccc(-c3ccc4c(c3)c3ccccc3n4-c3ccccc3)c2)nc(Cl)n1. The van der Waals surface area contributed by atoms with Crippen molar-refractivity contribution >= 4 is 45.0 Å². The number of hydrogen-bond acceptors (Lipinski definition) is 2. The Kier molecular flexibility index (Phi) is 4.87. The third kappa shape index (κ3) is 3.56. The normalized spacial score (nSPS) is 11.3. The van der Waals surface area contributed by atoms with Gasteiger partial charge in [0.15, 0.2) is 0 Å². The number of fused-ring (bicyclic) bond motifs is 3. The van der Waals surface area contributed by atoms with E-state index >= 15 is 0 Å². The molecular formula is C28H17Cl2N3. The van der Waals surface area contributed by atoms with Gasteiger partial charge in [0, 0.05) is 28.1 Å². The van der Waals surface area contributed by atoms with Crippen LogP contribution < -0.4 is 0 Å². The second kappa shape index (κ2) is 8.04. The van der Waals surface area contributed by atoms with Gasteiger partial charge in [-0.25, -0.2) is 9.97 Å². The summed E-state index contributed by atoms with van der Waals surface area (Å²) >= 11 is 12.1. The van der Waals surface area contributed by atoms with E-state index in [4.69, 9.17) is 23.2 Å². The summed E-state index contributed by atoms with van der Waals surface area (Å²) in [7, 11) is 0. The first-order valence-corrected chi connectivity index (χ1v) is 11.3. The molecular weight excluding hydrogens is 449 g/mol. The quantitative estimate of drug-likeness (QED) is 0.194. The van der Waals surface area contributed by atoms with E-state index < -0.39 is 0 Å². The van der Waals surface area contributed by atoms with Gasteiger partial charge in [0.25, 0.3) is 0 Å². The Morgan fingerprint density at radius 1 is 0.545 bits per heavy atom. The van der Waals surface area contributed by atoms with Gasteiger partial charge in [-0.05, 0) is 59.1 Å². The number of hydrogen-bond donors (Lipinski definition) is 0. The van der Waals surface area contributed by atoms with Crippen LogP contribution in [0.25, 0.3) is 49.9 Å². The van der Waals surface area contributed by atoms with Crippen molar-refractivity contribution in [1.29, 1.82) is 0 Å². The zero-order chi connectivity index (χ0) is 22.4. The van der Waals surface area contributed by atoms with Gasteiger partial charge >= 0.3 is 0 Å². The summed E-state index contributed by atoms with van der Waals surface area (Å²) < 4.78 is 2.32.